The molecule has 1 aromatic rings. The molecule has 1 aliphatic carbocycles. The highest BCUT2D eigenvalue weighted by Gasteiger charge is 2.22. The fourth-order valence-electron chi connectivity index (χ4n) is 2.79. The first-order valence-electron chi connectivity index (χ1n) is 6.41. The molecular weight excluding hydrogens is 196 g/mol. The molecule has 1 aromatic carbocycles. The molecule has 0 saturated heterocycles. The van der Waals surface area contributed by atoms with Gasteiger partial charge < -0.3 is 5.73 Å². The van der Waals surface area contributed by atoms with Crippen molar-refractivity contribution in [2.45, 2.75) is 38.8 Å². The molecule has 0 aromatic heterocycles. The third-order valence-electron chi connectivity index (χ3n) is 4.10. The Morgan fingerprint density at radius 3 is 2.75 bits per heavy atom. The predicted octanol–water partition coefficient (Wildman–Crippen LogP) is 2.77. The lowest BCUT2D eigenvalue weighted by molar-refractivity contribution is 0.216. The molecule has 1 aliphatic heterocycles. The first-order chi connectivity index (χ1) is 7.81. The van der Waals surface area contributed by atoms with E-state index >= 15 is 0 Å². The number of fused-ring (bicyclic) bond motifs is 1. The van der Waals surface area contributed by atoms with Crippen LogP contribution in [0.3, 0.4) is 0 Å². The zero-order valence-corrected chi connectivity index (χ0v) is 9.78. The van der Waals surface area contributed by atoms with Crippen molar-refractivity contribution in [3.05, 3.63) is 29.3 Å². The molecule has 0 unspecified atom stereocenters. The first-order valence-corrected chi connectivity index (χ1v) is 6.41. The second-order valence-corrected chi connectivity index (χ2v) is 5.32. The van der Waals surface area contributed by atoms with E-state index in [0.29, 0.717) is 0 Å². The van der Waals surface area contributed by atoms with Crippen molar-refractivity contribution in [1.29, 1.82) is 0 Å². The number of benzene rings is 1. The van der Waals surface area contributed by atoms with Crippen LogP contribution < -0.4 is 5.73 Å². The number of nitrogens with zero attached hydrogens (tertiary/aromatic N) is 1. The van der Waals surface area contributed by atoms with Crippen molar-refractivity contribution < 1.29 is 0 Å². The number of nitrogen functional groups attached to an aromatic ring is 1. The van der Waals surface area contributed by atoms with Gasteiger partial charge in [-0.3, -0.25) is 4.90 Å². The van der Waals surface area contributed by atoms with Gasteiger partial charge in [0.25, 0.3) is 0 Å². The van der Waals surface area contributed by atoms with Crippen LogP contribution in [0.15, 0.2) is 18.2 Å². The normalized spacial score (nSPS) is 20.8. The largest absolute Gasteiger partial charge is 0.399 e. The summed E-state index contributed by atoms with van der Waals surface area (Å²) in [7, 11) is 0. The van der Waals surface area contributed by atoms with Crippen LogP contribution in [0.1, 0.15) is 36.8 Å². The number of nitrogens with two attached hydrogens (primary N) is 1. The van der Waals surface area contributed by atoms with E-state index in [4.69, 9.17) is 5.73 Å². The monoisotopic (exact) mass is 216 g/mol. The van der Waals surface area contributed by atoms with Gasteiger partial charge in [-0.25, -0.2) is 0 Å². The van der Waals surface area contributed by atoms with Crippen LogP contribution in [-0.2, 0) is 13.1 Å². The molecule has 86 valence electrons. The molecule has 1 fully saturated rings. The Labute approximate surface area is 97.4 Å². The van der Waals surface area contributed by atoms with Gasteiger partial charge in [0, 0.05) is 18.8 Å². The van der Waals surface area contributed by atoms with E-state index in [1.54, 1.807) is 0 Å². The van der Waals surface area contributed by atoms with Crippen molar-refractivity contribution in [2.75, 3.05) is 12.3 Å². The molecule has 3 rings (SSSR count). The first kappa shape index (κ1) is 10.2. The number of anilines is 1. The highest BCUT2D eigenvalue weighted by Crippen LogP contribution is 2.31. The van der Waals surface area contributed by atoms with Crippen LogP contribution >= 0.6 is 0 Å². The van der Waals surface area contributed by atoms with Gasteiger partial charge in [-0.2, -0.15) is 0 Å². The summed E-state index contributed by atoms with van der Waals surface area (Å²) >= 11 is 0. The quantitative estimate of drug-likeness (QED) is 0.787. The zero-order valence-electron chi connectivity index (χ0n) is 9.78. The fourth-order valence-corrected chi connectivity index (χ4v) is 2.79. The Morgan fingerprint density at radius 1 is 1.19 bits per heavy atom. The minimum absolute atomic E-state index is 0.902. The third kappa shape index (κ3) is 1.94. The maximum absolute atomic E-state index is 5.81. The second-order valence-electron chi connectivity index (χ2n) is 5.32. The molecule has 2 N–H and O–H groups in total. The third-order valence-corrected chi connectivity index (χ3v) is 4.10. The molecule has 2 aliphatic rings. The molecule has 0 radical (unpaired) electrons. The molecule has 1 saturated carbocycles. The minimum atomic E-state index is 0.902. The van der Waals surface area contributed by atoms with Crippen molar-refractivity contribution >= 4 is 5.69 Å². The van der Waals surface area contributed by atoms with Gasteiger partial charge in [0.05, 0.1) is 0 Å². The molecule has 1 heterocycles. The average molecular weight is 216 g/mol. The zero-order chi connectivity index (χ0) is 11.0. The van der Waals surface area contributed by atoms with Crippen molar-refractivity contribution in [3.8, 4) is 0 Å². The van der Waals surface area contributed by atoms with Crippen LogP contribution in [0.25, 0.3) is 0 Å². The standard InChI is InChI=1S/C14H20N2/c15-14-5-4-12-9-16(10-13(12)8-14)7-6-11-2-1-3-11/h4-5,8,11H,1-3,6-7,9-10,15H2. The maximum Gasteiger partial charge on any atom is 0.0317 e. The van der Waals surface area contributed by atoms with Gasteiger partial charge in [0.2, 0.25) is 0 Å². The lowest BCUT2D eigenvalue weighted by Crippen LogP contribution is -2.22. The summed E-state index contributed by atoms with van der Waals surface area (Å²) in [6.07, 6.45) is 5.78. The van der Waals surface area contributed by atoms with Crippen LogP contribution in [0.4, 0.5) is 5.69 Å². The number of hydrogen-bond donors (Lipinski definition) is 1. The Hall–Kier alpha value is -1.02. The molecule has 0 bridgehead atoms. The fraction of sp³-hybridized carbons (Fsp3) is 0.571. The summed E-state index contributed by atoms with van der Waals surface area (Å²) < 4.78 is 0. The van der Waals surface area contributed by atoms with Crippen LogP contribution in [0.5, 0.6) is 0 Å². The Bertz CT molecular complexity index is 382. The second kappa shape index (κ2) is 4.10. The molecule has 2 heteroatoms. The molecular formula is C14H20N2. The Kier molecular flexibility index (Phi) is 2.60. The van der Waals surface area contributed by atoms with E-state index in [0.717, 1.165) is 24.7 Å². The van der Waals surface area contributed by atoms with E-state index in [9.17, 15) is 0 Å². The van der Waals surface area contributed by atoms with E-state index < -0.39 is 0 Å². The summed E-state index contributed by atoms with van der Waals surface area (Å²) in [4.78, 5) is 2.56. The lowest BCUT2D eigenvalue weighted by atomic mass is 9.83. The Balaban J connectivity index is 1.57. The molecule has 0 atom stereocenters. The summed E-state index contributed by atoms with van der Waals surface area (Å²) in [6.45, 7) is 3.49. The van der Waals surface area contributed by atoms with Gasteiger partial charge in [-0.15, -0.1) is 0 Å². The highest BCUT2D eigenvalue weighted by atomic mass is 15.1. The minimum Gasteiger partial charge on any atom is -0.399 e. The topological polar surface area (TPSA) is 29.3 Å². The lowest BCUT2D eigenvalue weighted by Gasteiger charge is -2.27. The van der Waals surface area contributed by atoms with Crippen molar-refractivity contribution in [3.63, 3.8) is 0 Å². The predicted molar refractivity (Wildman–Crippen MR) is 66.9 cm³/mol. The van der Waals surface area contributed by atoms with Gasteiger partial charge in [0.15, 0.2) is 0 Å². The van der Waals surface area contributed by atoms with Crippen molar-refractivity contribution in [2.24, 2.45) is 5.92 Å². The van der Waals surface area contributed by atoms with Gasteiger partial charge >= 0.3 is 0 Å². The molecule has 0 amide bonds. The van der Waals surface area contributed by atoms with E-state index in [-0.39, 0.29) is 0 Å². The molecule has 2 nitrogen and oxygen atoms in total. The van der Waals surface area contributed by atoms with Crippen molar-refractivity contribution in [1.82, 2.24) is 4.90 Å². The van der Waals surface area contributed by atoms with Gasteiger partial charge in [-0.1, -0.05) is 25.3 Å². The van der Waals surface area contributed by atoms with E-state index in [1.165, 1.54) is 43.4 Å². The molecule has 0 spiro atoms. The smallest absolute Gasteiger partial charge is 0.0317 e. The number of hydrogen-bond acceptors (Lipinski definition) is 2. The van der Waals surface area contributed by atoms with Crippen LogP contribution in [0.2, 0.25) is 0 Å². The highest BCUT2D eigenvalue weighted by molar-refractivity contribution is 5.46. The summed E-state index contributed by atoms with van der Waals surface area (Å²) in [5, 5.41) is 0. The van der Waals surface area contributed by atoms with Crippen LogP contribution in [0, 0.1) is 5.92 Å². The van der Waals surface area contributed by atoms with E-state index in [2.05, 4.69) is 17.0 Å². The average Bonchev–Trinajstić information content (AvgIpc) is 2.57. The molecule has 16 heavy (non-hydrogen) atoms. The van der Waals surface area contributed by atoms with Gasteiger partial charge in [-0.05, 0) is 42.1 Å². The van der Waals surface area contributed by atoms with E-state index in [1.807, 2.05) is 6.07 Å². The van der Waals surface area contributed by atoms with Gasteiger partial charge in [0.1, 0.15) is 0 Å². The summed E-state index contributed by atoms with van der Waals surface area (Å²) in [5.74, 6) is 1.02. The summed E-state index contributed by atoms with van der Waals surface area (Å²) in [6, 6.07) is 6.35. The SMILES string of the molecule is Nc1ccc2c(c1)CN(CCC1CCC1)C2. The maximum atomic E-state index is 5.81. The van der Waals surface area contributed by atoms with Crippen LogP contribution in [-0.4, -0.2) is 11.4 Å². The Morgan fingerprint density at radius 2 is 2.00 bits per heavy atom. The summed E-state index contributed by atoms with van der Waals surface area (Å²) in [5.41, 5.74) is 9.63. The number of rotatable bonds is 3.